The molecule has 4 nitrogen and oxygen atoms in total. The Balaban J connectivity index is 2.49. The second-order valence-electron chi connectivity index (χ2n) is 5.41. The third-order valence-electron chi connectivity index (χ3n) is 2.93. The van der Waals surface area contributed by atoms with Gasteiger partial charge in [-0.2, -0.15) is 0 Å². The number of nitrogens with zero attached hydrogens (tertiary/aromatic N) is 1. The largest absolute Gasteiger partial charge is 0.389 e. The first-order chi connectivity index (χ1) is 9.38. The molecule has 0 spiro atoms. The summed E-state index contributed by atoms with van der Waals surface area (Å²) in [5.41, 5.74) is 7.05. The molecule has 0 aromatic heterocycles. The highest BCUT2D eigenvalue weighted by molar-refractivity contribution is 7.80. The minimum absolute atomic E-state index is 0.0312. The van der Waals surface area contributed by atoms with Gasteiger partial charge >= 0.3 is 0 Å². The molecule has 0 aliphatic heterocycles. The van der Waals surface area contributed by atoms with Gasteiger partial charge in [0, 0.05) is 11.3 Å². The maximum Gasteiger partial charge on any atom is 0.238 e. The summed E-state index contributed by atoms with van der Waals surface area (Å²) in [5.74, 6) is 0.610. The number of hydrogen-bond acceptors (Lipinski definition) is 3. The molecular weight excluding hydrogens is 270 g/mol. The van der Waals surface area contributed by atoms with E-state index in [0.717, 1.165) is 24.2 Å². The zero-order valence-corrected chi connectivity index (χ0v) is 13.2. The van der Waals surface area contributed by atoms with Crippen LogP contribution in [0.1, 0.15) is 25.8 Å². The van der Waals surface area contributed by atoms with Gasteiger partial charge in [0.05, 0.1) is 6.54 Å². The fourth-order valence-electron chi connectivity index (χ4n) is 1.75. The average molecular weight is 293 g/mol. The highest BCUT2D eigenvalue weighted by Gasteiger charge is 2.08. The molecular formula is C15H23N3OS. The van der Waals surface area contributed by atoms with E-state index < -0.39 is 0 Å². The van der Waals surface area contributed by atoms with Crippen molar-refractivity contribution >= 4 is 28.8 Å². The number of thiocarbonyl (C=S) groups is 1. The maximum absolute atomic E-state index is 11.9. The molecule has 0 aliphatic rings. The number of carbonyl (C=O) groups excluding carboxylic acids is 1. The molecule has 1 aromatic carbocycles. The molecule has 0 atom stereocenters. The van der Waals surface area contributed by atoms with Gasteiger partial charge in [0.15, 0.2) is 0 Å². The quantitative estimate of drug-likeness (QED) is 0.757. The number of carbonyl (C=O) groups is 1. The minimum atomic E-state index is -0.0312. The van der Waals surface area contributed by atoms with E-state index in [1.807, 2.05) is 30.1 Å². The van der Waals surface area contributed by atoms with Crippen molar-refractivity contribution in [3.05, 3.63) is 29.8 Å². The highest BCUT2D eigenvalue weighted by Crippen LogP contribution is 2.10. The van der Waals surface area contributed by atoms with Gasteiger partial charge in [-0.3, -0.25) is 9.69 Å². The van der Waals surface area contributed by atoms with E-state index in [1.54, 1.807) is 6.07 Å². The second kappa shape index (κ2) is 7.97. The maximum atomic E-state index is 11.9. The van der Waals surface area contributed by atoms with Gasteiger partial charge in [-0.15, -0.1) is 0 Å². The Morgan fingerprint density at radius 2 is 2.15 bits per heavy atom. The van der Waals surface area contributed by atoms with Gasteiger partial charge in [0.25, 0.3) is 0 Å². The van der Waals surface area contributed by atoms with Crippen LogP contribution in [-0.2, 0) is 4.79 Å². The Morgan fingerprint density at radius 1 is 1.45 bits per heavy atom. The first-order valence-electron chi connectivity index (χ1n) is 6.76. The van der Waals surface area contributed by atoms with Gasteiger partial charge in [-0.05, 0) is 38.1 Å². The topological polar surface area (TPSA) is 58.4 Å². The summed E-state index contributed by atoms with van der Waals surface area (Å²) in [6, 6.07) is 7.27. The van der Waals surface area contributed by atoms with Gasteiger partial charge in [0.2, 0.25) is 5.91 Å². The third-order valence-corrected chi connectivity index (χ3v) is 3.17. The first-order valence-corrected chi connectivity index (χ1v) is 7.17. The van der Waals surface area contributed by atoms with Crippen LogP contribution in [0.15, 0.2) is 24.3 Å². The van der Waals surface area contributed by atoms with Crippen LogP contribution in [0.5, 0.6) is 0 Å². The Kier molecular flexibility index (Phi) is 6.61. The van der Waals surface area contributed by atoms with Crippen molar-refractivity contribution in [1.29, 1.82) is 0 Å². The van der Waals surface area contributed by atoms with Crippen molar-refractivity contribution in [2.45, 2.75) is 20.3 Å². The van der Waals surface area contributed by atoms with E-state index in [2.05, 4.69) is 19.2 Å². The van der Waals surface area contributed by atoms with Crippen molar-refractivity contribution in [2.24, 2.45) is 11.7 Å². The zero-order valence-electron chi connectivity index (χ0n) is 12.3. The molecule has 0 radical (unpaired) electrons. The van der Waals surface area contributed by atoms with Crippen LogP contribution >= 0.6 is 12.2 Å². The first kappa shape index (κ1) is 16.6. The van der Waals surface area contributed by atoms with Gasteiger partial charge in [0.1, 0.15) is 4.99 Å². The molecule has 0 saturated heterocycles. The second-order valence-corrected chi connectivity index (χ2v) is 5.85. The molecule has 5 heteroatoms. The Bertz CT molecular complexity index is 474. The predicted octanol–water partition coefficient (Wildman–Crippen LogP) is 2.24. The summed E-state index contributed by atoms with van der Waals surface area (Å²) < 4.78 is 0. The van der Waals surface area contributed by atoms with Crippen LogP contribution in [0.25, 0.3) is 0 Å². The fourth-order valence-corrected chi connectivity index (χ4v) is 1.88. The molecule has 1 aromatic rings. The lowest BCUT2D eigenvalue weighted by molar-refractivity contribution is -0.117. The monoisotopic (exact) mass is 293 g/mol. The summed E-state index contributed by atoms with van der Waals surface area (Å²) in [4.78, 5) is 14.3. The van der Waals surface area contributed by atoms with Crippen molar-refractivity contribution in [3.63, 3.8) is 0 Å². The van der Waals surface area contributed by atoms with Crippen LogP contribution in [0, 0.1) is 5.92 Å². The van der Waals surface area contributed by atoms with Gasteiger partial charge in [-0.1, -0.05) is 38.2 Å². The summed E-state index contributed by atoms with van der Waals surface area (Å²) in [6.45, 7) is 5.65. The van der Waals surface area contributed by atoms with E-state index in [-0.39, 0.29) is 5.91 Å². The molecule has 110 valence electrons. The highest BCUT2D eigenvalue weighted by atomic mass is 32.1. The van der Waals surface area contributed by atoms with E-state index >= 15 is 0 Å². The molecule has 0 heterocycles. The molecule has 0 unspecified atom stereocenters. The van der Waals surface area contributed by atoms with E-state index in [4.69, 9.17) is 18.0 Å². The van der Waals surface area contributed by atoms with Crippen LogP contribution in [0.4, 0.5) is 5.69 Å². The van der Waals surface area contributed by atoms with E-state index in [1.165, 1.54) is 0 Å². The van der Waals surface area contributed by atoms with E-state index in [9.17, 15) is 4.79 Å². The molecule has 0 aliphatic carbocycles. The Labute approximate surface area is 126 Å². The number of amides is 1. The normalized spacial score (nSPS) is 10.8. The van der Waals surface area contributed by atoms with Crippen LogP contribution in [-0.4, -0.2) is 35.9 Å². The standard InChI is InChI=1S/C15H23N3OS/c1-11(2)7-8-18(3)10-14(19)17-13-6-4-5-12(9-13)15(16)20/h4-6,9,11H,7-8,10H2,1-3H3,(H2,16,20)(H,17,19). The zero-order chi connectivity index (χ0) is 15.1. The smallest absolute Gasteiger partial charge is 0.238 e. The number of benzene rings is 1. The number of hydrogen-bond donors (Lipinski definition) is 2. The van der Waals surface area contributed by atoms with Crippen LogP contribution in [0.3, 0.4) is 0 Å². The predicted molar refractivity (Wildman–Crippen MR) is 87.9 cm³/mol. The third kappa shape index (κ3) is 6.12. The Hall–Kier alpha value is -1.46. The molecule has 0 fully saturated rings. The number of nitrogens with one attached hydrogen (secondary N) is 1. The molecule has 0 bridgehead atoms. The molecule has 3 N–H and O–H groups in total. The summed E-state index contributed by atoms with van der Waals surface area (Å²) in [7, 11) is 1.95. The van der Waals surface area contributed by atoms with Crippen molar-refractivity contribution in [1.82, 2.24) is 4.90 Å². The lowest BCUT2D eigenvalue weighted by Crippen LogP contribution is -2.31. The minimum Gasteiger partial charge on any atom is -0.389 e. The van der Waals surface area contributed by atoms with E-state index in [0.29, 0.717) is 17.5 Å². The van der Waals surface area contributed by atoms with Crippen molar-refractivity contribution < 1.29 is 4.79 Å². The van der Waals surface area contributed by atoms with Crippen LogP contribution in [0.2, 0.25) is 0 Å². The molecule has 20 heavy (non-hydrogen) atoms. The fraction of sp³-hybridized carbons (Fsp3) is 0.467. The number of nitrogens with two attached hydrogens (primary N) is 1. The number of anilines is 1. The lowest BCUT2D eigenvalue weighted by atomic mass is 10.1. The average Bonchev–Trinajstić information content (AvgIpc) is 2.36. The summed E-state index contributed by atoms with van der Waals surface area (Å²) in [5, 5.41) is 2.86. The molecule has 1 amide bonds. The number of rotatable bonds is 7. The van der Waals surface area contributed by atoms with Gasteiger partial charge in [-0.25, -0.2) is 0 Å². The van der Waals surface area contributed by atoms with Crippen molar-refractivity contribution in [3.8, 4) is 0 Å². The van der Waals surface area contributed by atoms with Crippen molar-refractivity contribution in [2.75, 3.05) is 25.5 Å². The Morgan fingerprint density at radius 3 is 2.75 bits per heavy atom. The number of likely N-dealkylation sites (N-methyl/N-ethyl adjacent to an activating group) is 1. The SMILES string of the molecule is CC(C)CCN(C)CC(=O)Nc1cccc(C(N)=S)c1. The molecule has 1 rings (SSSR count). The van der Waals surface area contributed by atoms with Gasteiger partial charge < -0.3 is 11.1 Å². The molecule has 0 saturated carbocycles. The lowest BCUT2D eigenvalue weighted by Gasteiger charge is -2.17. The summed E-state index contributed by atoms with van der Waals surface area (Å²) >= 11 is 4.92. The summed E-state index contributed by atoms with van der Waals surface area (Å²) in [6.07, 6.45) is 1.08. The van der Waals surface area contributed by atoms with Crippen LogP contribution < -0.4 is 11.1 Å².